The summed E-state index contributed by atoms with van der Waals surface area (Å²) >= 11 is 3.18. The Hall–Kier alpha value is -1.40. The highest BCUT2D eigenvalue weighted by Gasteiger charge is 2.15. The Bertz CT molecular complexity index is 475. The van der Waals surface area contributed by atoms with Crippen LogP contribution in [0, 0.1) is 10.1 Å². The predicted octanol–water partition coefficient (Wildman–Crippen LogP) is 3.29. The first kappa shape index (κ1) is 15.7. The first-order valence-electron chi connectivity index (χ1n) is 5.87. The maximum absolute atomic E-state index is 10.8. The monoisotopic (exact) mass is 328 g/mol. The Morgan fingerprint density at radius 1 is 1.58 bits per heavy atom. The zero-order valence-corrected chi connectivity index (χ0v) is 12.6. The largest absolute Gasteiger partial charge is 0.488 e. The summed E-state index contributed by atoms with van der Waals surface area (Å²) in [6.45, 7) is 8.96. The predicted molar refractivity (Wildman–Crippen MR) is 78.6 cm³/mol. The molecule has 5 nitrogen and oxygen atoms in total. The van der Waals surface area contributed by atoms with Crippen LogP contribution in [0.4, 0.5) is 5.69 Å². The number of hydrogen-bond acceptors (Lipinski definition) is 4. The zero-order chi connectivity index (χ0) is 14.4. The second-order valence-corrected chi connectivity index (χ2v) is 5.21. The zero-order valence-electron chi connectivity index (χ0n) is 11.0. The van der Waals surface area contributed by atoms with Crippen molar-refractivity contribution in [3.8, 4) is 5.75 Å². The van der Waals surface area contributed by atoms with Crippen LogP contribution in [-0.2, 0) is 0 Å². The third-order valence-electron chi connectivity index (χ3n) is 2.33. The average molecular weight is 329 g/mol. The quantitative estimate of drug-likeness (QED) is 0.474. The highest BCUT2D eigenvalue weighted by Crippen LogP contribution is 2.33. The standard InChI is InChI=1S/C13H17BrN2O3/c1-9(2)15-7-10(3)8-19-12-6-4-5-11(13(12)14)16(17)18/h4-6,9,15H,3,7-8H2,1-2H3. The van der Waals surface area contributed by atoms with E-state index in [2.05, 4.69) is 27.8 Å². The topological polar surface area (TPSA) is 64.4 Å². The summed E-state index contributed by atoms with van der Waals surface area (Å²) in [5.74, 6) is 0.444. The summed E-state index contributed by atoms with van der Waals surface area (Å²) in [6.07, 6.45) is 0. The van der Waals surface area contributed by atoms with Gasteiger partial charge in [-0.3, -0.25) is 10.1 Å². The van der Waals surface area contributed by atoms with Gasteiger partial charge in [0.15, 0.2) is 0 Å². The Morgan fingerprint density at radius 2 is 2.26 bits per heavy atom. The molecule has 6 heteroatoms. The molecule has 1 rings (SSSR count). The summed E-state index contributed by atoms with van der Waals surface area (Å²) < 4.78 is 5.88. The van der Waals surface area contributed by atoms with Crippen molar-refractivity contribution >= 4 is 21.6 Å². The van der Waals surface area contributed by atoms with Crippen molar-refractivity contribution in [3.05, 3.63) is 44.9 Å². The van der Waals surface area contributed by atoms with Crippen LogP contribution in [0.5, 0.6) is 5.75 Å². The molecule has 0 aliphatic rings. The molecular weight excluding hydrogens is 312 g/mol. The molecule has 1 N–H and O–H groups in total. The molecule has 0 fully saturated rings. The van der Waals surface area contributed by atoms with E-state index in [4.69, 9.17) is 4.74 Å². The summed E-state index contributed by atoms with van der Waals surface area (Å²) in [6, 6.07) is 5.07. The van der Waals surface area contributed by atoms with E-state index in [0.29, 0.717) is 29.4 Å². The van der Waals surface area contributed by atoms with Crippen LogP contribution in [0.2, 0.25) is 0 Å². The smallest absolute Gasteiger partial charge is 0.287 e. The van der Waals surface area contributed by atoms with E-state index in [1.807, 2.05) is 13.8 Å². The number of nitrogens with zero attached hydrogens (tertiary/aromatic N) is 1. The van der Waals surface area contributed by atoms with Gasteiger partial charge in [-0.15, -0.1) is 0 Å². The number of ether oxygens (including phenoxy) is 1. The number of nitro groups is 1. The molecule has 0 spiro atoms. The minimum Gasteiger partial charge on any atom is -0.488 e. The Kier molecular flexibility index (Phi) is 5.98. The lowest BCUT2D eigenvalue weighted by atomic mass is 10.3. The van der Waals surface area contributed by atoms with Gasteiger partial charge < -0.3 is 10.1 Å². The fourth-order valence-electron chi connectivity index (χ4n) is 1.33. The molecule has 19 heavy (non-hydrogen) atoms. The molecule has 0 aromatic heterocycles. The van der Waals surface area contributed by atoms with Crippen molar-refractivity contribution in [2.24, 2.45) is 0 Å². The van der Waals surface area contributed by atoms with Gasteiger partial charge in [-0.25, -0.2) is 0 Å². The van der Waals surface area contributed by atoms with Gasteiger partial charge in [0.1, 0.15) is 16.8 Å². The van der Waals surface area contributed by atoms with Crippen molar-refractivity contribution in [1.82, 2.24) is 5.32 Å². The third kappa shape index (κ3) is 5.00. The van der Waals surface area contributed by atoms with E-state index in [-0.39, 0.29) is 5.69 Å². The number of benzene rings is 1. The van der Waals surface area contributed by atoms with E-state index >= 15 is 0 Å². The molecule has 0 heterocycles. The number of nitrogens with one attached hydrogen (secondary N) is 1. The highest BCUT2D eigenvalue weighted by atomic mass is 79.9. The molecule has 0 amide bonds. The van der Waals surface area contributed by atoms with Crippen LogP contribution in [0.25, 0.3) is 0 Å². The van der Waals surface area contributed by atoms with Gasteiger partial charge in [0.25, 0.3) is 5.69 Å². The van der Waals surface area contributed by atoms with Crippen molar-refractivity contribution in [1.29, 1.82) is 0 Å². The maximum Gasteiger partial charge on any atom is 0.287 e. The second kappa shape index (κ2) is 7.25. The van der Waals surface area contributed by atoms with Crippen LogP contribution in [0.1, 0.15) is 13.8 Å². The van der Waals surface area contributed by atoms with Gasteiger partial charge in [0.05, 0.1) is 4.92 Å². The Morgan fingerprint density at radius 3 is 2.84 bits per heavy atom. The average Bonchev–Trinajstić information content (AvgIpc) is 2.34. The van der Waals surface area contributed by atoms with Gasteiger partial charge in [-0.2, -0.15) is 0 Å². The van der Waals surface area contributed by atoms with Crippen molar-refractivity contribution in [2.45, 2.75) is 19.9 Å². The molecular formula is C13H17BrN2O3. The normalized spacial score (nSPS) is 10.5. The maximum atomic E-state index is 10.8. The van der Waals surface area contributed by atoms with Gasteiger partial charge in [0, 0.05) is 18.7 Å². The highest BCUT2D eigenvalue weighted by molar-refractivity contribution is 9.10. The fraction of sp³-hybridized carbons (Fsp3) is 0.385. The number of halogens is 1. The summed E-state index contributed by atoms with van der Waals surface area (Å²) in [7, 11) is 0. The summed E-state index contributed by atoms with van der Waals surface area (Å²) in [5.41, 5.74) is 0.871. The lowest BCUT2D eigenvalue weighted by Gasteiger charge is -2.12. The van der Waals surface area contributed by atoms with Crippen LogP contribution in [0.3, 0.4) is 0 Å². The number of rotatable bonds is 7. The van der Waals surface area contributed by atoms with Crippen molar-refractivity contribution in [2.75, 3.05) is 13.2 Å². The molecule has 1 aromatic carbocycles. The molecule has 104 valence electrons. The van der Waals surface area contributed by atoms with E-state index in [0.717, 1.165) is 5.57 Å². The first-order chi connectivity index (χ1) is 8.91. The molecule has 0 atom stereocenters. The summed E-state index contributed by atoms with van der Waals surface area (Å²) in [4.78, 5) is 10.3. The van der Waals surface area contributed by atoms with E-state index in [1.165, 1.54) is 6.07 Å². The van der Waals surface area contributed by atoms with E-state index < -0.39 is 4.92 Å². The lowest BCUT2D eigenvalue weighted by molar-refractivity contribution is -0.385. The van der Waals surface area contributed by atoms with Crippen LogP contribution < -0.4 is 10.1 Å². The molecule has 0 radical (unpaired) electrons. The van der Waals surface area contributed by atoms with E-state index in [9.17, 15) is 10.1 Å². The van der Waals surface area contributed by atoms with Crippen LogP contribution in [-0.4, -0.2) is 24.1 Å². The minimum atomic E-state index is -0.452. The number of hydrogen-bond donors (Lipinski definition) is 1. The SMILES string of the molecule is C=C(CNC(C)C)COc1cccc([N+](=O)[O-])c1Br. The van der Waals surface area contributed by atoms with Crippen molar-refractivity contribution < 1.29 is 9.66 Å². The molecule has 0 aliphatic carbocycles. The second-order valence-electron chi connectivity index (χ2n) is 4.42. The molecule has 0 unspecified atom stereocenters. The molecule has 0 saturated carbocycles. The molecule has 0 aliphatic heterocycles. The first-order valence-corrected chi connectivity index (χ1v) is 6.67. The minimum absolute atomic E-state index is 0.0107. The van der Waals surface area contributed by atoms with Gasteiger partial charge >= 0.3 is 0 Å². The Balaban J connectivity index is 2.61. The molecule has 0 saturated heterocycles. The number of nitro benzene ring substituents is 1. The third-order valence-corrected chi connectivity index (χ3v) is 3.13. The lowest BCUT2D eigenvalue weighted by Crippen LogP contribution is -2.26. The van der Waals surface area contributed by atoms with Crippen LogP contribution in [0.15, 0.2) is 34.8 Å². The van der Waals surface area contributed by atoms with Gasteiger partial charge in [-0.1, -0.05) is 26.5 Å². The molecule has 0 bridgehead atoms. The fourth-order valence-corrected chi connectivity index (χ4v) is 1.85. The van der Waals surface area contributed by atoms with E-state index in [1.54, 1.807) is 12.1 Å². The molecule has 1 aromatic rings. The van der Waals surface area contributed by atoms with Gasteiger partial charge in [0.2, 0.25) is 0 Å². The van der Waals surface area contributed by atoms with Crippen molar-refractivity contribution in [3.63, 3.8) is 0 Å². The van der Waals surface area contributed by atoms with Crippen LogP contribution >= 0.6 is 15.9 Å². The Labute approximate surface area is 120 Å². The summed E-state index contributed by atoms with van der Waals surface area (Å²) in [5, 5.41) is 14.0. The van der Waals surface area contributed by atoms with Gasteiger partial charge in [-0.05, 0) is 27.6 Å².